The van der Waals surface area contributed by atoms with Gasteiger partial charge >= 0.3 is 0 Å². The molecule has 3 heteroatoms. The number of carbonyl (C=O) groups is 1. The summed E-state index contributed by atoms with van der Waals surface area (Å²) >= 11 is 5.93. The summed E-state index contributed by atoms with van der Waals surface area (Å²) in [7, 11) is -0.526. The molecule has 0 saturated carbocycles. The third kappa shape index (κ3) is 2.72. The topological polar surface area (TPSA) is 17.1 Å². The molecule has 0 spiro atoms. The van der Waals surface area contributed by atoms with Crippen molar-refractivity contribution in [2.75, 3.05) is 0 Å². The van der Waals surface area contributed by atoms with Gasteiger partial charge in [-0.1, -0.05) is 35.9 Å². The highest BCUT2D eigenvalue weighted by Gasteiger charge is 2.16. The van der Waals surface area contributed by atoms with E-state index in [1.54, 1.807) is 24.3 Å². The molecule has 0 fully saturated rings. The Hall–Kier alpha value is -1.77. The van der Waals surface area contributed by atoms with Crippen molar-refractivity contribution in [3.63, 3.8) is 0 Å². The van der Waals surface area contributed by atoms with Gasteiger partial charge in [-0.2, -0.15) is 10.9 Å². The van der Waals surface area contributed by atoms with Crippen molar-refractivity contribution in [3.8, 4) is 0 Å². The summed E-state index contributed by atoms with van der Waals surface area (Å²) in [6.07, 6.45) is 1.91. The number of benzene rings is 2. The summed E-state index contributed by atoms with van der Waals surface area (Å²) in [6, 6.07) is 17.9. The molecule has 0 N–H and O–H groups in total. The first-order valence-electron chi connectivity index (χ1n) is 6.19. The average molecular weight is 300 g/mol. The van der Waals surface area contributed by atoms with Crippen LogP contribution in [-0.4, -0.2) is 5.78 Å². The lowest BCUT2D eigenvalue weighted by atomic mass is 10.1. The lowest BCUT2D eigenvalue weighted by molar-refractivity contribution is 0.103. The third-order valence-corrected chi connectivity index (χ3v) is 5.20. The van der Waals surface area contributed by atoms with Crippen LogP contribution in [0.1, 0.15) is 10.4 Å². The zero-order valence-corrected chi connectivity index (χ0v) is 12.2. The molecule has 1 radical (unpaired) electrons. The van der Waals surface area contributed by atoms with Crippen LogP contribution >= 0.6 is 22.5 Å². The van der Waals surface area contributed by atoms with Crippen LogP contribution in [0.4, 0.5) is 0 Å². The van der Waals surface area contributed by atoms with E-state index in [1.807, 2.05) is 35.7 Å². The molecule has 2 aromatic carbocycles. The Balaban J connectivity index is 1.86. The normalized spacial score (nSPS) is 18.9. The second-order valence-corrected chi connectivity index (χ2v) is 6.73. The molecule has 0 bridgehead atoms. The Labute approximate surface area is 125 Å². The zero-order valence-electron chi connectivity index (χ0n) is 10.6. The molecular weight excluding hydrogens is 288 g/mol. The second-order valence-electron chi connectivity index (χ2n) is 4.41. The predicted octanol–water partition coefficient (Wildman–Crippen LogP) is 4.79. The molecular formula is C17H12ClOS. The molecule has 99 valence electrons. The number of Topliss-reactive ketones (excluding diaryl/α,β-unsaturated/α-hetero) is 1. The minimum atomic E-state index is -0.526. The predicted molar refractivity (Wildman–Crippen MR) is 85.5 cm³/mol. The Morgan fingerprint density at radius 3 is 2.70 bits per heavy atom. The van der Waals surface area contributed by atoms with Crippen LogP contribution in [0.15, 0.2) is 75.9 Å². The summed E-state index contributed by atoms with van der Waals surface area (Å²) in [6.45, 7) is 0. The summed E-state index contributed by atoms with van der Waals surface area (Å²) < 4.78 is 0. The number of thiol groups is 1. The van der Waals surface area contributed by atoms with Crippen molar-refractivity contribution < 1.29 is 4.79 Å². The zero-order chi connectivity index (χ0) is 13.9. The molecule has 3 rings (SSSR count). The molecule has 1 aliphatic heterocycles. The van der Waals surface area contributed by atoms with Gasteiger partial charge in [0.25, 0.3) is 0 Å². The van der Waals surface area contributed by atoms with Gasteiger partial charge in [-0.3, -0.25) is 4.79 Å². The molecule has 0 aliphatic carbocycles. The average Bonchev–Trinajstić information content (AvgIpc) is 2.97. The van der Waals surface area contributed by atoms with Gasteiger partial charge in [0.2, 0.25) is 0 Å². The van der Waals surface area contributed by atoms with Gasteiger partial charge in [0.15, 0.2) is 5.78 Å². The first-order valence-corrected chi connectivity index (χ1v) is 8.04. The number of halogens is 1. The minimum Gasteiger partial charge on any atom is -0.289 e. The van der Waals surface area contributed by atoms with Gasteiger partial charge in [-0.05, 0) is 52.1 Å². The number of hydrogen-bond acceptors (Lipinski definition) is 1. The van der Waals surface area contributed by atoms with Crippen molar-refractivity contribution in [3.05, 3.63) is 87.6 Å². The number of hydrogen-bond donors (Lipinski definition) is 1. The van der Waals surface area contributed by atoms with Crippen molar-refractivity contribution in [1.29, 1.82) is 0 Å². The lowest BCUT2D eigenvalue weighted by Crippen LogP contribution is -1.99. The smallest absolute Gasteiger partial charge is 0.193 e. The van der Waals surface area contributed by atoms with E-state index in [2.05, 4.69) is 11.5 Å². The summed E-state index contributed by atoms with van der Waals surface area (Å²) in [5.41, 5.74) is 1.37. The molecule has 1 heterocycles. The van der Waals surface area contributed by atoms with Crippen molar-refractivity contribution in [1.82, 2.24) is 0 Å². The SMILES string of the molecule is O=C(C1=C[SH](c2cc[c]cc2)C=C1)c1cccc(Cl)c1. The lowest BCUT2D eigenvalue weighted by Gasteiger charge is -2.09. The van der Waals surface area contributed by atoms with E-state index in [0.717, 1.165) is 5.57 Å². The van der Waals surface area contributed by atoms with E-state index >= 15 is 0 Å². The highest BCUT2D eigenvalue weighted by atomic mass is 35.5. The maximum absolute atomic E-state index is 12.4. The van der Waals surface area contributed by atoms with Crippen molar-refractivity contribution in [2.45, 2.75) is 4.90 Å². The molecule has 1 aliphatic rings. The van der Waals surface area contributed by atoms with Crippen LogP contribution in [0.25, 0.3) is 0 Å². The molecule has 1 unspecified atom stereocenters. The molecule has 1 atom stereocenters. The molecule has 0 amide bonds. The minimum absolute atomic E-state index is 0.0243. The first kappa shape index (κ1) is 13.2. The number of ketones is 1. The second kappa shape index (κ2) is 5.70. The monoisotopic (exact) mass is 299 g/mol. The van der Waals surface area contributed by atoms with Crippen LogP contribution < -0.4 is 0 Å². The molecule has 0 aromatic heterocycles. The number of carbonyl (C=O) groups excluding carboxylic acids is 1. The molecule has 2 aromatic rings. The maximum atomic E-state index is 12.4. The van der Waals surface area contributed by atoms with Gasteiger partial charge < -0.3 is 0 Å². The quantitative estimate of drug-likeness (QED) is 0.637. The fourth-order valence-electron chi connectivity index (χ4n) is 2.04. The Bertz CT molecular complexity index is 704. The summed E-state index contributed by atoms with van der Waals surface area (Å²) in [4.78, 5) is 13.6. The molecule has 1 nitrogen and oxygen atoms in total. The van der Waals surface area contributed by atoms with Crippen molar-refractivity contribution in [2.24, 2.45) is 0 Å². The number of allylic oxidation sites excluding steroid dienone is 2. The van der Waals surface area contributed by atoms with E-state index in [-0.39, 0.29) is 5.78 Å². The fraction of sp³-hybridized carbons (Fsp3) is 0. The summed E-state index contributed by atoms with van der Waals surface area (Å²) in [5, 5.41) is 4.73. The first-order chi connectivity index (χ1) is 9.74. The van der Waals surface area contributed by atoms with Gasteiger partial charge in [0, 0.05) is 16.2 Å². The van der Waals surface area contributed by atoms with Crippen LogP contribution in [0.5, 0.6) is 0 Å². The van der Waals surface area contributed by atoms with Gasteiger partial charge in [0.05, 0.1) is 0 Å². The van der Waals surface area contributed by atoms with Crippen LogP contribution in [-0.2, 0) is 0 Å². The van der Waals surface area contributed by atoms with E-state index in [4.69, 9.17) is 11.6 Å². The van der Waals surface area contributed by atoms with Crippen LogP contribution in [0.3, 0.4) is 0 Å². The van der Waals surface area contributed by atoms with E-state index in [9.17, 15) is 4.79 Å². The largest absolute Gasteiger partial charge is 0.289 e. The van der Waals surface area contributed by atoms with Gasteiger partial charge in [-0.25, -0.2) is 0 Å². The fourth-order valence-corrected chi connectivity index (χ4v) is 3.95. The van der Waals surface area contributed by atoms with Gasteiger partial charge in [-0.15, -0.1) is 0 Å². The van der Waals surface area contributed by atoms with Gasteiger partial charge in [0.1, 0.15) is 0 Å². The van der Waals surface area contributed by atoms with E-state index in [1.165, 1.54) is 4.90 Å². The summed E-state index contributed by atoms with van der Waals surface area (Å²) in [5.74, 6) is 0.0243. The van der Waals surface area contributed by atoms with E-state index < -0.39 is 10.9 Å². The molecule has 0 saturated heterocycles. The highest BCUT2D eigenvalue weighted by Crippen LogP contribution is 2.44. The Morgan fingerprint density at radius 1 is 1.15 bits per heavy atom. The molecule has 20 heavy (non-hydrogen) atoms. The van der Waals surface area contributed by atoms with E-state index in [0.29, 0.717) is 10.6 Å². The highest BCUT2D eigenvalue weighted by molar-refractivity contribution is 8.22. The van der Waals surface area contributed by atoms with Crippen LogP contribution in [0.2, 0.25) is 5.02 Å². The number of rotatable bonds is 3. The van der Waals surface area contributed by atoms with Crippen molar-refractivity contribution >= 4 is 28.3 Å². The van der Waals surface area contributed by atoms with Crippen LogP contribution in [0, 0.1) is 6.07 Å². The maximum Gasteiger partial charge on any atom is 0.193 e. The standard InChI is InChI=1S/C17H12ClOS/c18-15-6-4-5-13(11-15)17(19)14-9-10-20(12-14)16-7-2-1-3-8-16/h2-12,20H. The Kier molecular flexibility index (Phi) is 3.77. The third-order valence-electron chi connectivity index (χ3n) is 3.04. The Morgan fingerprint density at radius 2 is 1.95 bits per heavy atom.